The molecule has 96 valence electrons. The van der Waals surface area contributed by atoms with Crippen molar-refractivity contribution in [2.24, 2.45) is 5.73 Å². The van der Waals surface area contributed by atoms with Gasteiger partial charge in [0, 0.05) is 13.0 Å². The topological polar surface area (TPSA) is 133 Å². The van der Waals surface area contributed by atoms with Gasteiger partial charge in [-0.1, -0.05) is 0 Å². The van der Waals surface area contributed by atoms with Gasteiger partial charge >= 0.3 is 5.97 Å². The van der Waals surface area contributed by atoms with Crippen molar-refractivity contribution in [1.82, 2.24) is 10.2 Å². The molecule has 1 unspecified atom stereocenters. The van der Waals surface area contributed by atoms with Crippen molar-refractivity contribution >= 4 is 17.8 Å². The Morgan fingerprint density at radius 3 is 2.59 bits per heavy atom. The number of hydrogen-bond acceptors (Lipinski definition) is 5. The van der Waals surface area contributed by atoms with Crippen LogP contribution in [0.1, 0.15) is 12.8 Å². The maximum Gasteiger partial charge on any atom is 0.357 e. The average molecular weight is 245 g/mol. The van der Waals surface area contributed by atoms with Crippen LogP contribution >= 0.6 is 0 Å². The van der Waals surface area contributed by atoms with Crippen molar-refractivity contribution in [3.05, 3.63) is 0 Å². The van der Waals surface area contributed by atoms with Crippen LogP contribution < -0.4 is 11.1 Å². The molecule has 1 heterocycles. The summed E-state index contributed by atoms with van der Waals surface area (Å²) in [5, 5.41) is 20.9. The van der Waals surface area contributed by atoms with Crippen molar-refractivity contribution in [2.45, 2.75) is 18.6 Å². The lowest BCUT2D eigenvalue weighted by Gasteiger charge is -2.29. The van der Waals surface area contributed by atoms with Crippen LogP contribution in [0.3, 0.4) is 0 Å². The van der Waals surface area contributed by atoms with E-state index >= 15 is 0 Å². The number of amides is 2. The first-order valence-electron chi connectivity index (χ1n) is 5.15. The molecule has 1 saturated heterocycles. The van der Waals surface area contributed by atoms with E-state index in [1.165, 1.54) is 0 Å². The van der Waals surface area contributed by atoms with Crippen molar-refractivity contribution in [2.75, 3.05) is 19.6 Å². The second-order valence-electron chi connectivity index (χ2n) is 3.75. The van der Waals surface area contributed by atoms with E-state index < -0.39 is 23.5 Å². The van der Waals surface area contributed by atoms with Gasteiger partial charge in [0.15, 0.2) is 0 Å². The zero-order valence-electron chi connectivity index (χ0n) is 9.18. The summed E-state index contributed by atoms with van der Waals surface area (Å²) in [6, 6.07) is 0. The number of nitrogens with one attached hydrogen (secondary N) is 1. The van der Waals surface area contributed by atoms with E-state index in [9.17, 15) is 19.5 Å². The van der Waals surface area contributed by atoms with Gasteiger partial charge in [0.2, 0.25) is 17.5 Å². The smallest absolute Gasteiger partial charge is 0.357 e. The van der Waals surface area contributed by atoms with Crippen LogP contribution in [-0.4, -0.2) is 58.3 Å². The van der Waals surface area contributed by atoms with Gasteiger partial charge in [0.1, 0.15) is 0 Å². The summed E-state index contributed by atoms with van der Waals surface area (Å²) in [4.78, 5) is 34.2. The molecule has 0 spiro atoms. The number of aliphatic carboxylic acids is 1. The van der Waals surface area contributed by atoms with Crippen LogP contribution in [0.2, 0.25) is 0 Å². The Bertz CT molecular complexity index is 346. The summed E-state index contributed by atoms with van der Waals surface area (Å²) in [5.41, 5.74) is 2.87. The molecule has 1 rings (SSSR count). The second kappa shape index (κ2) is 5.11. The highest BCUT2D eigenvalue weighted by atomic mass is 16.4. The molecule has 0 bridgehead atoms. The van der Waals surface area contributed by atoms with Gasteiger partial charge in [-0.3, -0.25) is 9.59 Å². The van der Waals surface area contributed by atoms with Gasteiger partial charge in [0.25, 0.3) is 0 Å². The van der Waals surface area contributed by atoms with Crippen molar-refractivity contribution in [3.8, 4) is 0 Å². The minimum absolute atomic E-state index is 0.0150. The van der Waals surface area contributed by atoms with Crippen LogP contribution in [0.4, 0.5) is 0 Å². The summed E-state index contributed by atoms with van der Waals surface area (Å²) in [6.07, 6.45) is 0.387. The zero-order chi connectivity index (χ0) is 13.1. The molecule has 0 radical (unpaired) electrons. The molecule has 0 saturated carbocycles. The van der Waals surface area contributed by atoms with Crippen LogP contribution in [0.5, 0.6) is 0 Å². The van der Waals surface area contributed by atoms with E-state index in [-0.39, 0.29) is 26.1 Å². The van der Waals surface area contributed by atoms with E-state index in [0.717, 1.165) is 4.90 Å². The quantitative estimate of drug-likeness (QED) is 0.431. The number of likely N-dealkylation sites (tertiary alicyclic amines) is 1. The van der Waals surface area contributed by atoms with E-state index in [2.05, 4.69) is 5.32 Å². The first-order valence-corrected chi connectivity index (χ1v) is 5.15. The normalized spacial score (nSPS) is 23.5. The molecule has 17 heavy (non-hydrogen) atoms. The lowest BCUT2D eigenvalue weighted by Crippen LogP contribution is -2.55. The Balaban J connectivity index is 2.63. The summed E-state index contributed by atoms with van der Waals surface area (Å²) < 4.78 is 0. The summed E-state index contributed by atoms with van der Waals surface area (Å²) in [6.45, 7) is -0.470. The maximum atomic E-state index is 11.6. The number of nitrogens with zero attached hydrogens (tertiary/aromatic N) is 1. The predicted molar refractivity (Wildman–Crippen MR) is 55.6 cm³/mol. The highest BCUT2D eigenvalue weighted by Gasteiger charge is 2.48. The number of rotatable bonds is 4. The van der Waals surface area contributed by atoms with Gasteiger partial charge in [-0.05, 0) is 6.42 Å². The molecule has 0 aromatic rings. The van der Waals surface area contributed by atoms with Gasteiger partial charge in [-0.2, -0.15) is 0 Å². The van der Waals surface area contributed by atoms with Crippen LogP contribution in [-0.2, 0) is 14.4 Å². The summed E-state index contributed by atoms with van der Waals surface area (Å²) >= 11 is 0. The fraction of sp³-hybridized carbons (Fsp3) is 0.667. The van der Waals surface area contributed by atoms with Crippen molar-refractivity contribution < 1.29 is 24.6 Å². The first-order chi connectivity index (χ1) is 7.91. The van der Waals surface area contributed by atoms with Gasteiger partial charge < -0.3 is 26.2 Å². The largest absolute Gasteiger partial charge is 0.478 e. The lowest BCUT2D eigenvalue weighted by atomic mass is 10.1. The molecule has 5 N–H and O–H groups in total. The number of hydrogen-bond donors (Lipinski definition) is 4. The highest BCUT2D eigenvalue weighted by molar-refractivity contribution is 5.89. The van der Waals surface area contributed by atoms with E-state index in [4.69, 9.17) is 10.8 Å². The minimum atomic E-state index is -2.16. The molecule has 1 aliphatic rings. The number of carboxylic acids is 1. The molecule has 0 aromatic heterocycles. The van der Waals surface area contributed by atoms with Gasteiger partial charge in [-0.25, -0.2) is 4.79 Å². The number of carbonyl (C=O) groups excluding carboxylic acids is 2. The maximum absolute atomic E-state index is 11.6. The number of carboxylic acid groups (broad SMARTS) is 1. The molecule has 0 aromatic carbocycles. The third-order valence-corrected chi connectivity index (χ3v) is 2.62. The molecule has 8 nitrogen and oxygen atoms in total. The Hall–Kier alpha value is -1.67. The molecule has 1 fully saturated rings. The third-order valence-electron chi connectivity index (χ3n) is 2.62. The van der Waals surface area contributed by atoms with Crippen LogP contribution in [0, 0.1) is 0 Å². The molecule has 8 heteroatoms. The molecule has 1 aliphatic heterocycles. The predicted octanol–water partition coefficient (Wildman–Crippen LogP) is -2.54. The molecule has 1 atom stereocenters. The Kier molecular flexibility index (Phi) is 4.02. The average Bonchev–Trinajstić information content (AvgIpc) is 2.69. The fourth-order valence-corrected chi connectivity index (χ4v) is 1.70. The highest BCUT2D eigenvalue weighted by Crippen LogP contribution is 2.26. The van der Waals surface area contributed by atoms with Crippen molar-refractivity contribution in [3.63, 3.8) is 0 Å². The van der Waals surface area contributed by atoms with E-state index in [1.807, 2.05) is 0 Å². The molecular formula is C9H15N3O5. The number of aliphatic hydroxyl groups is 1. The van der Waals surface area contributed by atoms with E-state index in [1.54, 1.807) is 0 Å². The third kappa shape index (κ3) is 2.71. The van der Waals surface area contributed by atoms with Crippen LogP contribution in [0.25, 0.3) is 0 Å². The first kappa shape index (κ1) is 13.4. The molecule has 2 amide bonds. The standard InChI is InChI=1S/C9H15N3O5/c10-4-6(13)11-5-7(14)12-3-1-2-9(12,17)8(15)16/h17H,1-5,10H2,(H,11,13)(H,15,16). The van der Waals surface area contributed by atoms with Gasteiger partial charge in [0.05, 0.1) is 13.1 Å². The summed E-state index contributed by atoms with van der Waals surface area (Å²) in [5.74, 6) is -2.63. The summed E-state index contributed by atoms with van der Waals surface area (Å²) in [7, 11) is 0. The molecular weight excluding hydrogens is 230 g/mol. The number of carbonyl (C=O) groups is 3. The Morgan fingerprint density at radius 2 is 2.06 bits per heavy atom. The number of nitrogens with two attached hydrogens (primary N) is 1. The Labute approximate surface area is 97.4 Å². The minimum Gasteiger partial charge on any atom is -0.478 e. The zero-order valence-corrected chi connectivity index (χ0v) is 9.18. The SMILES string of the molecule is NCC(=O)NCC(=O)N1CCCC1(O)C(=O)O. The lowest BCUT2D eigenvalue weighted by molar-refractivity contribution is -0.181. The van der Waals surface area contributed by atoms with E-state index in [0.29, 0.717) is 6.42 Å². The Morgan fingerprint density at radius 1 is 1.41 bits per heavy atom. The molecule has 0 aliphatic carbocycles. The second-order valence-corrected chi connectivity index (χ2v) is 3.75. The van der Waals surface area contributed by atoms with Crippen LogP contribution in [0.15, 0.2) is 0 Å². The van der Waals surface area contributed by atoms with Gasteiger partial charge in [-0.15, -0.1) is 0 Å². The fourth-order valence-electron chi connectivity index (χ4n) is 1.70. The van der Waals surface area contributed by atoms with Crippen molar-refractivity contribution in [1.29, 1.82) is 0 Å². The monoisotopic (exact) mass is 245 g/mol.